The highest BCUT2D eigenvalue weighted by Crippen LogP contribution is 2.43. The third kappa shape index (κ3) is 1.96. The predicted molar refractivity (Wildman–Crippen MR) is 57.2 cm³/mol. The summed E-state index contributed by atoms with van der Waals surface area (Å²) in [6.45, 7) is 2.12. The smallest absolute Gasteiger partial charge is 0.306 e. The van der Waals surface area contributed by atoms with Crippen LogP contribution in [0.25, 0.3) is 0 Å². The van der Waals surface area contributed by atoms with E-state index in [-0.39, 0.29) is 11.8 Å². The zero-order valence-electron chi connectivity index (χ0n) is 9.76. The molecule has 1 aliphatic carbocycles. The summed E-state index contributed by atoms with van der Waals surface area (Å²) in [4.78, 5) is 10.9. The van der Waals surface area contributed by atoms with E-state index in [9.17, 15) is 4.79 Å². The maximum Gasteiger partial charge on any atom is 0.306 e. The lowest BCUT2D eigenvalue weighted by molar-refractivity contribution is -0.469. The SMILES string of the molecule is O=C(O)C1CCC(C23OCC(CO2)CO3)CC1. The van der Waals surface area contributed by atoms with E-state index in [4.69, 9.17) is 19.3 Å². The monoisotopic (exact) mass is 242 g/mol. The van der Waals surface area contributed by atoms with Gasteiger partial charge in [-0.05, 0) is 25.7 Å². The maximum atomic E-state index is 10.9. The second-order valence-corrected chi connectivity index (χ2v) is 5.29. The average molecular weight is 242 g/mol. The van der Waals surface area contributed by atoms with Crippen LogP contribution in [0.15, 0.2) is 0 Å². The van der Waals surface area contributed by atoms with Crippen LogP contribution in [-0.2, 0) is 19.0 Å². The van der Waals surface area contributed by atoms with Crippen molar-refractivity contribution in [2.24, 2.45) is 17.8 Å². The Balaban J connectivity index is 1.64. The number of hydrogen-bond acceptors (Lipinski definition) is 4. The molecule has 0 atom stereocenters. The highest BCUT2D eigenvalue weighted by molar-refractivity contribution is 5.69. The van der Waals surface area contributed by atoms with Crippen molar-refractivity contribution in [1.82, 2.24) is 0 Å². The lowest BCUT2D eigenvalue weighted by atomic mass is 9.80. The number of ether oxygens (including phenoxy) is 3. The minimum Gasteiger partial charge on any atom is -0.481 e. The van der Waals surface area contributed by atoms with E-state index in [0.717, 1.165) is 12.8 Å². The highest BCUT2D eigenvalue weighted by atomic mass is 16.9. The minimum atomic E-state index is -0.863. The first-order valence-corrected chi connectivity index (χ1v) is 6.34. The van der Waals surface area contributed by atoms with Gasteiger partial charge >= 0.3 is 5.97 Å². The molecule has 0 unspecified atom stereocenters. The Bertz CT molecular complexity index is 286. The zero-order valence-corrected chi connectivity index (χ0v) is 9.76. The molecule has 1 saturated carbocycles. The Kier molecular flexibility index (Phi) is 2.84. The third-order valence-corrected chi connectivity index (χ3v) is 4.14. The summed E-state index contributed by atoms with van der Waals surface area (Å²) >= 11 is 0. The van der Waals surface area contributed by atoms with Crippen molar-refractivity contribution in [2.45, 2.75) is 31.7 Å². The van der Waals surface area contributed by atoms with Crippen LogP contribution in [0.3, 0.4) is 0 Å². The van der Waals surface area contributed by atoms with Crippen molar-refractivity contribution in [2.75, 3.05) is 19.8 Å². The normalized spacial score (nSPS) is 45.8. The van der Waals surface area contributed by atoms with Crippen LogP contribution < -0.4 is 0 Å². The molecule has 96 valence electrons. The van der Waals surface area contributed by atoms with Gasteiger partial charge in [-0.25, -0.2) is 0 Å². The van der Waals surface area contributed by atoms with Crippen molar-refractivity contribution in [1.29, 1.82) is 0 Å². The summed E-state index contributed by atoms with van der Waals surface area (Å²) in [5.74, 6) is -1.21. The van der Waals surface area contributed by atoms with Crippen LogP contribution in [0.2, 0.25) is 0 Å². The standard InChI is InChI=1S/C12H18O5/c13-11(14)9-1-3-10(4-2-9)12-15-5-8(6-16-12)7-17-12/h8-10H,1-7H2,(H,13,14). The van der Waals surface area contributed by atoms with Crippen LogP contribution in [0.5, 0.6) is 0 Å². The molecule has 4 rings (SSSR count). The number of carboxylic acid groups (broad SMARTS) is 1. The van der Waals surface area contributed by atoms with Crippen LogP contribution in [-0.4, -0.2) is 36.9 Å². The Labute approximate surface area is 100 Å². The van der Waals surface area contributed by atoms with Crippen LogP contribution in [0.4, 0.5) is 0 Å². The second-order valence-electron chi connectivity index (χ2n) is 5.29. The molecule has 3 saturated heterocycles. The number of fused-ring (bicyclic) bond motifs is 3. The van der Waals surface area contributed by atoms with Gasteiger partial charge in [-0.2, -0.15) is 0 Å². The van der Waals surface area contributed by atoms with Gasteiger partial charge in [0.1, 0.15) is 0 Å². The second kappa shape index (κ2) is 4.23. The Morgan fingerprint density at radius 1 is 1.00 bits per heavy atom. The molecule has 17 heavy (non-hydrogen) atoms. The molecule has 3 heterocycles. The lowest BCUT2D eigenvalue weighted by Gasteiger charge is -2.50. The van der Waals surface area contributed by atoms with Crippen LogP contribution in [0, 0.1) is 17.8 Å². The fourth-order valence-electron chi connectivity index (χ4n) is 3.02. The van der Waals surface area contributed by atoms with E-state index in [1.54, 1.807) is 0 Å². The quantitative estimate of drug-likeness (QED) is 0.788. The maximum absolute atomic E-state index is 10.9. The Hall–Kier alpha value is -0.650. The van der Waals surface area contributed by atoms with Gasteiger partial charge in [0.25, 0.3) is 5.97 Å². The van der Waals surface area contributed by atoms with Crippen molar-refractivity contribution in [3.05, 3.63) is 0 Å². The number of rotatable bonds is 2. The van der Waals surface area contributed by atoms with Gasteiger partial charge in [-0.15, -0.1) is 0 Å². The predicted octanol–water partition coefficient (Wildman–Crippen LogP) is 1.22. The molecule has 2 bridgehead atoms. The molecule has 0 radical (unpaired) electrons. The number of hydrogen-bond donors (Lipinski definition) is 1. The summed E-state index contributed by atoms with van der Waals surface area (Å²) in [5, 5.41) is 8.97. The molecule has 0 spiro atoms. The van der Waals surface area contributed by atoms with Gasteiger partial charge in [0.2, 0.25) is 0 Å². The van der Waals surface area contributed by atoms with Gasteiger partial charge in [-0.1, -0.05) is 0 Å². The first-order chi connectivity index (χ1) is 8.20. The van der Waals surface area contributed by atoms with Crippen molar-refractivity contribution >= 4 is 5.97 Å². The highest BCUT2D eigenvalue weighted by Gasteiger charge is 2.51. The molecule has 0 aromatic rings. The third-order valence-electron chi connectivity index (χ3n) is 4.14. The Morgan fingerprint density at radius 3 is 2.00 bits per heavy atom. The lowest BCUT2D eigenvalue weighted by Crippen LogP contribution is -2.58. The molecule has 0 aromatic heterocycles. The summed E-state index contributed by atoms with van der Waals surface area (Å²) in [5.41, 5.74) is 0. The summed E-state index contributed by atoms with van der Waals surface area (Å²) in [7, 11) is 0. The van der Waals surface area contributed by atoms with Gasteiger partial charge < -0.3 is 19.3 Å². The minimum absolute atomic E-state index is 0.180. The average Bonchev–Trinajstić information content (AvgIpc) is 2.41. The van der Waals surface area contributed by atoms with Gasteiger partial charge in [0, 0.05) is 11.8 Å². The van der Waals surface area contributed by atoms with Crippen molar-refractivity contribution < 1.29 is 24.1 Å². The van der Waals surface area contributed by atoms with Crippen molar-refractivity contribution in [3.8, 4) is 0 Å². The van der Waals surface area contributed by atoms with E-state index >= 15 is 0 Å². The molecule has 4 aliphatic rings. The van der Waals surface area contributed by atoms with E-state index in [2.05, 4.69) is 0 Å². The fourth-order valence-corrected chi connectivity index (χ4v) is 3.02. The molecule has 5 nitrogen and oxygen atoms in total. The molecule has 5 heteroatoms. The molecular formula is C12H18O5. The van der Waals surface area contributed by atoms with Gasteiger partial charge in [-0.3, -0.25) is 4.79 Å². The zero-order chi connectivity index (χ0) is 11.9. The summed E-state index contributed by atoms with van der Waals surface area (Å²) in [6.07, 6.45) is 3.01. The number of carbonyl (C=O) groups is 1. The number of carboxylic acids is 1. The molecule has 4 fully saturated rings. The topological polar surface area (TPSA) is 65.0 Å². The van der Waals surface area contributed by atoms with Gasteiger partial charge in [0.05, 0.1) is 25.7 Å². The molecular weight excluding hydrogens is 224 g/mol. The number of aliphatic carboxylic acids is 1. The van der Waals surface area contributed by atoms with E-state index in [1.807, 2.05) is 0 Å². The molecule has 0 aromatic carbocycles. The molecule has 3 aliphatic heterocycles. The molecule has 0 amide bonds. The largest absolute Gasteiger partial charge is 0.481 e. The fraction of sp³-hybridized carbons (Fsp3) is 0.917. The van der Waals surface area contributed by atoms with E-state index in [1.165, 1.54) is 0 Å². The molecule has 1 N–H and O–H groups in total. The summed E-state index contributed by atoms with van der Waals surface area (Å²) in [6, 6.07) is 0. The summed E-state index contributed by atoms with van der Waals surface area (Å²) < 4.78 is 17.1. The first-order valence-electron chi connectivity index (χ1n) is 6.34. The first kappa shape index (κ1) is 11.4. The van der Waals surface area contributed by atoms with E-state index in [0.29, 0.717) is 38.6 Å². The van der Waals surface area contributed by atoms with Crippen LogP contribution >= 0.6 is 0 Å². The van der Waals surface area contributed by atoms with Crippen molar-refractivity contribution in [3.63, 3.8) is 0 Å². The van der Waals surface area contributed by atoms with E-state index < -0.39 is 11.9 Å². The van der Waals surface area contributed by atoms with Crippen LogP contribution in [0.1, 0.15) is 25.7 Å². The Morgan fingerprint density at radius 2 is 1.53 bits per heavy atom. The van der Waals surface area contributed by atoms with Gasteiger partial charge in [0.15, 0.2) is 0 Å².